The third kappa shape index (κ3) is 2.78. The molecule has 24 heavy (non-hydrogen) atoms. The van der Waals surface area contributed by atoms with Crippen molar-refractivity contribution in [2.45, 2.75) is 5.03 Å². The molecule has 0 aromatic carbocycles. The van der Waals surface area contributed by atoms with Gasteiger partial charge in [-0.05, 0) is 23.8 Å². The van der Waals surface area contributed by atoms with Gasteiger partial charge in [0.05, 0.1) is 5.56 Å². The quantitative estimate of drug-likeness (QED) is 0.180. The fraction of sp³-hybridized carbons (Fsp3) is 0. The van der Waals surface area contributed by atoms with Crippen LogP contribution in [-0.2, 0) is 10.0 Å². The van der Waals surface area contributed by atoms with E-state index >= 15 is 0 Å². The smallest absolute Gasteiger partial charge is 0.256 e. The molecule has 3 rings (SSSR count). The van der Waals surface area contributed by atoms with Gasteiger partial charge < -0.3 is 10.7 Å². The number of H-pyrrole nitrogens is 1. The monoisotopic (exact) mass is 346 g/mol. The van der Waals surface area contributed by atoms with Crippen LogP contribution in [0.1, 0.15) is 5.56 Å². The molecule has 8 N–H and O–H groups in total. The van der Waals surface area contributed by atoms with Crippen LogP contribution >= 0.6 is 0 Å². The van der Waals surface area contributed by atoms with Crippen molar-refractivity contribution in [1.29, 1.82) is 0 Å². The molecule has 0 spiro atoms. The van der Waals surface area contributed by atoms with Crippen molar-refractivity contribution in [2.75, 3.05) is 0 Å². The van der Waals surface area contributed by atoms with Crippen molar-refractivity contribution in [1.82, 2.24) is 20.5 Å². The van der Waals surface area contributed by atoms with Crippen LogP contribution in [-0.4, -0.2) is 29.2 Å². The van der Waals surface area contributed by atoms with Gasteiger partial charge in [-0.15, -0.1) is 5.10 Å². The van der Waals surface area contributed by atoms with Gasteiger partial charge in [-0.1, -0.05) is 0 Å². The zero-order valence-corrected chi connectivity index (χ0v) is 13.1. The molecule has 0 atom stereocenters. The summed E-state index contributed by atoms with van der Waals surface area (Å²) in [5, 5.41) is 9.33. The average Bonchev–Trinajstić information content (AvgIpc) is 3.01. The number of rotatable bonds is 4. The fourth-order valence-corrected chi connectivity index (χ4v) is 3.07. The SMILES string of the molecule is NN/N=C(\N)c1c(-c2cnc3[nH]ccc3c2)ccnc1S(N)(=O)=O. The number of hydrazone groups is 1. The highest BCUT2D eigenvalue weighted by molar-refractivity contribution is 7.89. The van der Waals surface area contributed by atoms with E-state index in [1.165, 1.54) is 6.20 Å². The van der Waals surface area contributed by atoms with Crippen LogP contribution in [0.4, 0.5) is 0 Å². The number of amidine groups is 1. The largest absolute Gasteiger partial charge is 0.382 e. The molecule has 3 aromatic rings. The van der Waals surface area contributed by atoms with Crippen LogP contribution in [0.15, 0.2) is 46.9 Å². The van der Waals surface area contributed by atoms with Crippen LogP contribution in [0.25, 0.3) is 22.2 Å². The summed E-state index contributed by atoms with van der Waals surface area (Å²) in [5.41, 5.74) is 9.72. The highest BCUT2D eigenvalue weighted by atomic mass is 32.2. The number of nitrogens with zero attached hydrogens (tertiary/aromatic N) is 3. The average molecular weight is 346 g/mol. The molecule has 0 amide bonds. The van der Waals surface area contributed by atoms with Crippen LogP contribution in [0.2, 0.25) is 0 Å². The summed E-state index contributed by atoms with van der Waals surface area (Å²) in [6.07, 6.45) is 4.65. The van der Waals surface area contributed by atoms with E-state index in [1.807, 2.05) is 17.7 Å². The summed E-state index contributed by atoms with van der Waals surface area (Å²) in [7, 11) is -4.13. The van der Waals surface area contributed by atoms with Crippen LogP contribution in [0.3, 0.4) is 0 Å². The van der Waals surface area contributed by atoms with E-state index in [4.69, 9.17) is 16.7 Å². The number of fused-ring (bicyclic) bond motifs is 1. The Kier molecular flexibility index (Phi) is 3.89. The van der Waals surface area contributed by atoms with Gasteiger partial charge in [0.2, 0.25) is 0 Å². The highest BCUT2D eigenvalue weighted by Crippen LogP contribution is 2.28. The van der Waals surface area contributed by atoms with E-state index in [1.54, 1.807) is 18.5 Å². The Hall–Kier alpha value is -3.02. The van der Waals surface area contributed by atoms with Crippen molar-refractivity contribution in [3.8, 4) is 11.1 Å². The number of nitrogens with two attached hydrogens (primary N) is 3. The lowest BCUT2D eigenvalue weighted by Crippen LogP contribution is -2.27. The molecule has 0 fully saturated rings. The number of hydrazine groups is 1. The molecule has 0 unspecified atom stereocenters. The number of nitrogens with one attached hydrogen (secondary N) is 2. The minimum absolute atomic E-state index is 0.0506. The predicted molar refractivity (Wildman–Crippen MR) is 88.7 cm³/mol. The summed E-state index contributed by atoms with van der Waals surface area (Å²) in [6, 6.07) is 5.26. The molecule has 3 heterocycles. The zero-order chi connectivity index (χ0) is 17.3. The van der Waals surface area contributed by atoms with Gasteiger partial charge in [-0.3, -0.25) is 0 Å². The van der Waals surface area contributed by atoms with E-state index < -0.39 is 15.0 Å². The molecule has 3 aromatic heterocycles. The Morgan fingerprint density at radius 1 is 1.29 bits per heavy atom. The third-order valence-corrected chi connectivity index (χ3v) is 4.19. The van der Waals surface area contributed by atoms with Gasteiger partial charge in [-0.25, -0.2) is 34.9 Å². The summed E-state index contributed by atoms with van der Waals surface area (Å²) in [6.45, 7) is 0. The molecule has 0 aliphatic carbocycles. The van der Waals surface area contributed by atoms with Crippen LogP contribution in [0, 0.1) is 0 Å². The first kappa shape index (κ1) is 15.9. The van der Waals surface area contributed by atoms with Gasteiger partial charge in [-0.2, -0.15) is 0 Å². The fourth-order valence-electron chi connectivity index (χ4n) is 2.36. The Bertz CT molecular complexity index is 1040. The third-order valence-electron chi connectivity index (χ3n) is 3.34. The molecule has 0 saturated heterocycles. The lowest BCUT2D eigenvalue weighted by atomic mass is 10.0. The Morgan fingerprint density at radius 3 is 2.79 bits per heavy atom. The first-order valence-electron chi connectivity index (χ1n) is 6.66. The normalized spacial score (nSPS) is 12.5. The Balaban J connectivity index is 2.32. The van der Waals surface area contributed by atoms with E-state index in [9.17, 15) is 8.42 Å². The number of sulfonamides is 1. The van der Waals surface area contributed by atoms with Crippen molar-refractivity contribution in [2.24, 2.45) is 21.8 Å². The van der Waals surface area contributed by atoms with Gasteiger partial charge in [0.25, 0.3) is 10.0 Å². The maximum Gasteiger partial charge on any atom is 0.256 e. The minimum Gasteiger partial charge on any atom is -0.382 e. The van der Waals surface area contributed by atoms with E-state index in [0.29, 0.717) is 16.8 Å². The van der Waals surface area contributed by atoms with Crippen LogP contribution < -0.4 is 22.3 Å². The van der Waals surface area contributed by atoms with Gasteiger partial charge in [0.1, 0.15) is 5.65 Å². The molecule has 0 aliphatic rings. The van der Waals surface area contributed by atoms with Crippen molar-refractivity contribution in [3.63, 3.8) is 0 Å². The summed E-state index contributed by atoms with van der Waals surface area (Å²) >= 11 is 0. The Morgan fingerprint density at radius 2 is 2.08 bits per heavy atom. The molecule has 124 valence electrons. The van der Waals surface area contributed by atoms with Crippen LogP contribution in [0.5, 0.6) is 0 Å². The second kappa shape index (κ2) is 5.88. The first-order valence-corrected chi connectivity index (χ1v) is 8.21. The summed E-state index contributed by atoms with van der Waals surface area (Å²) < 4.78 is 23.7. The second-order valence-corrected chi connectivity index (χ2v) is 6.33. The van der Waals surface area contributed by atoms with Crippen molar-refractivity contribution in [3.05, 3.63) is 42.4 Å². The molecule has 10 nitrogen and oxygen atoms in total. The number of aromatic amines is 1. The van der Waals surface area contributed by atoms with E-state index in [2.05, 4.69) is 20.1 Å². The summed E-state index contributed by atoms with van der Waals surface area (Å²) in [4.78, 5) is 11.1. The second-order valence-electron chi connectivity index (χ2n) is 4.85. The van der Waals surface area contributed by atoms with Crippen molar-refractivity contribution >= 4 is 26.9 Å². The van der Waals surface area contributed by atoms with Gasteiger partial charge in [0, 0.05) is 29.5 Å². The highest BCUT2D eigenvalue weighted by Gasteiger charge is 2.23. The van der Waals surface area contributed by atoms with Gasteiger partial charge >= 0.3 is 0 Å². The summed E-state index contributed by atoms with van der Waals surface area (Å²) in [5.74, 6) is 4.97. The van der Waals surface area contributed by atoms with E-state index in [-0.39, 0.29) is 11.4 Å². The first-order chi connectivity index (χ1) is 11.4. The maximum atomic E-state index is 11.8. The Labute approximate surface area is 136 Å². The molecule has 0 radical (unpaired) electrons. The molecule has 0 saturated carbocycles. The minimum atomic E-state index is -4.13. The molecule has 0 bridgehead atoms. The van der Waals surface area contributed by atoms with E-state index in [0.717, 1.165) is 5.39 Å². The lowest BCUT2D eigenvalue weighted by Gasteiger charge is -2.12. The topological polar surface area (TPSA) is 178 Å². The maximum absolute atomic E-state index is 11.8. The number of hydrogen-bond acceptors (Lipinski definition) is 7. The van der Waals surface area contributed by atoms with Crippen molar-refractivity contribution < 1.29 is 8.42 Å². The lowest BCUT2D eigenvalue weighted by molar-refractivity contribution is 0.594. The number of hydrogen-bond donors (Lipinski definition) is 5. The number of aromatic nitrogens is 3. The van der Waals surface area contributed by atoms with Gasteiger partial charge in [0.15, 0.2) is 10.9 Å². The number of pyridine rings is 2. The molecule has 11 heteroatoms. The standard InChI is InChI=1S/C13H14N8O2S/c14-11(20-21-15)10-9(2-4-18-13(10)24(16,22)23)8-5-7-1-3-17-12(7)19-6-8/h1-6,21H,15H2,(H2,14,20)(H,17,19)(H2,16,22,23). The molecule has 0 aliphatic heterocycles. The predicted octanol–water partition coefficient (Wildman–Crippen LogP) is -0.644. The molecular formula is C13H14N8O2S. The molecular weight excluding hydrogens is 332 g/mol. The number of primary sulfonamides is 1. The zero-order valence-electron chi connectivity index (χ0n) is 12.3.